The second-order valence-corrected chi connectivity index (χ2v) is 7.97. The highest BCUT2D eigenvalue weighted by Gasteiger charge is 2.45. The van der Waals surface area contributed by atoms with Gasteiger partial charge in [-0.1, -0.05) is 24.6 Å². The van der Waals surface area contributed by atoms with Crippen molar-refractivity contribution in [2.24, 2.45) is 5.92 Å². The number of carbonyl (C=O) groups excluding carboxylic acids is 2. The molecule has 2 aromatic rings. The maximum Gasteiger partial charge on any atom is 0.228 e. The van der Waals surface area contributed by atoms with Gasteiger partial charge in [0.2, 0.25) is 5.91 Å². The van der Waals surface area contributed by atoms with Crippen LogP contribution in [-0.4, -0.2) is 29.9 Å². The number of benzene rings is 1. The summed E-state index contributed by atoms with van der Waals surface area (Å²) in [6.07, 6.45) is 6.03. The second kappa shape index (κ2) is 8.41. The molecular weight excluding hydrogens is 371 g/mol. The van der Waals surface area contributed by atoms with E-state index in [0.717, 1.165) is 43.2 Å². The molecule has 1 aromatic carbocycles. The monoisotopic (exact) mass is 396 g/mol. The highest BCUT2D eigenvalue weighted by molar-refractivity contribution is 5.93. The van der Waals surface area contributed by atoms with Crippen molar-refractivity contribution in [2.45, 2.75) is 43.9 Å². The molecule has 29 heavy (non-hydrogen) atoms. The van der Waals surface area contributed by atoms with Crippen molar-refractivity contribution >= 4 is 17.5 Å². The number of carbonyl (C=O) groups is 2. The molecule has 0 unspecified atom stereocenters. The number of aromatic nitrogens is 1. The van der Waals surface area contributed by atoms with Gasteiger partial charge in [-0.3, -0.25) is 9.59 Å². The molecule has 5 nitrogen and oxygen atoms in total. The Morgan fingerprint density at radius 1 is 1.10 bits per heavy atom. The van der Waals surface area contributed by atoms with Gasteiger partial charge in [-0.15, -0.1) is 0 Å². The lowest BCUT2D eigenvalue weighted by Crippen LogP contribution is -2.43. The number of rotatable bonds is 6. The molecule has 2 heterocycles. The van der Waals surface area contributed by atoms with Gasteiger partial charge >= 0.3 is 0 Å². The zero-order valence-corrected chi connectivity index (χ0v) is 16.3. The van der Waals surface area contributed by atoms with Crippen molar-refractivity contribution in [1.29, 1.82) is 0 Å². The molecule has 4 rings (SSSR count). The van der Waals surface area contributed by atoms with Gasteiger partial charge in [0, 0.05) is 31.7 Å². The van der Waals surface area contributed by atoms with Crippen molar-refractivity contribution in [2.75, 3.05) is 18.5 Å². The van der Waals surface area contributed by atoms with Gasteiger partial charge in [0.25, 0.3) is 0 Å². The van der Waals surface area contributed by atoms with E-state index >= 15 is 0 Å². The lowest BCUT2D eigenvalue weighted by Gasteiger charge is -2.40. The van der Waals surface area contributed by atoms with Crippen LogP contribution in [0.25, 0.3) is 0 Å². The van der Waals surface area contributed by atoms with Crippen molar-refractivity contribution in [3.05, 3.63) is 59.5 Å². The molecule has 2 aliphatic rings. The normalized spacial score (nSPS) is 18.7. The van der Waals surface area contributed by atoms with Crippen molar-refractivity contribution in [1.82, 2.24) is 4.98 Å². The topological polar surface area (TPSA) is 68.3 Å². The molecule has 152 valence electrons. The highest BCUT2D eigenvalue weighted by atomic mass is 19.1. The van der Waals surface area contributed by atoms with Crippen molar-refractivity contribution in [3.8, 4) is 0 Å². The van der Waals surface area contributed by atoms with Gasteiger partial charge < -0.3 is 10.1 Å². The van der Waals surface area contributed by atoms with E-state index in [4.69, 9.17) is 4.74 Å². The first kappa shape index (κ1) is 19.7. The number of ketones is 1. The summed E-state index contributed by atoms with van der Waals surface area (Å²) in [5, 5.41) is 2.87. The maximum atomic E-state index is 13.1. The lowest BCUT2D eigenvalue weighted by atomic mass is 9.61. The summed E-state index contributed by atoms with van der Waals surface area (Å²) in [5.41, 5.74) is 1.18. The summed E-state index contributed by atoms with van der Waals surface area (Å²) in [6.45, 7) is 1.23. The molecule has 1 amide bonds. The summed E-state index contributed by atoms with van der Waals surface area (Å²) in [5.74, 6) is 0.267. The predicted octanol–water partition coefficient (Wildman–Crippen LogP) is 3.82. The summed E-state index contributed by atoms with van der Waals surface area (Å²) in [6, 6.07) is 9.76. The number of ether oxygens (including phenoxy) is 1. The fourth-order valence-corrected chi connectivity index (χ4v) is 4.15. The molecule has 0 bridgehead atoms. The SMILES string of the molecule is O=C(Nc1ccc(C2(C(=O)Cc3ccc(F)cc3)CCC2)cn1)C1CCOCC1. The first-order valence-electron chi connectivity index (χ1n) is 10.2. The highest BCUT2D eigenvalue weighted by Crippen LogP contribution is 2.45. The van der Waals surface area contributed by atoms with E-state index < -0.39 is 5.41 Å². The number of halogens is 1. The van der Waals surface area contributed by atoms with Crippen LogP contribution < -0.4 is 5.32 Å². The summed E-state index contributed by atoms with van der Waals surface area (Å²) < 4.78 is 18.4. The van der Waals surface area contributed by atoms with Crippen molar-refractivity contribution in [3.63, 3.8) is 0 Å². The Labute approximate surface area is 169 Å². The fourth-order valence-electron chi connectivity index (χ4n) is 4.15. The predicted molar refractivity (Wildman–Crippen MR) is 107 cm³/mol. The van der Waals surface area contributed by atoms with Gasteiger partial charge in [-0.25, -0.2) is 9.37 Å². The van der Waals surface area contributed by atoms with Gasteiger partial charge in [0.1, 0.15) is 17.4 Å². The van der Waals surface area contributed by atoms with Gasteiger partial charge in [0.15, 0.2) is 0 Å². The van der Waals surface area contributed by atoms with E-state index in [1.165, 1.54) is 12.1 Å². The van der Waals surface area contributed by atoms with Crippen LogP contribution in [0.15, 0.2) is 42.6 Å². The number of nitrogens with one attached hydrogen (secondary N) is 1. The van der Waals surface area contributed by atoms with Crippen LogP contribution in [0.2, 0.25) is 0 Å². The molecular formula is C23H25FN2O3. The van der Waals surface area contributed by atoms with Crippen LogP contribution in [0.5, 0.6) is 0 Å². The molecule has 1 N–H and O–H groups in total. The minimum Gasteiger partial charge on any atom is -0.381 e. The summed E-state index contributed by atoms with van der Waals surface area (Å²) in [4.78, 5) is 29.8. The van der Waals surface area contributed by atoms with Crippen molar-refractivity contribution < 1.29 is 18.7 Å². The summed E-state index contributed by atoms with van der Waals surface area (Å²) in [7, 11) is 0. The van der Waals surface area contributed by atoms with Gasteiger partial charge in [0.05, 0.1) is 5.41 Å². The molecule has 0 radical (unpaired) electrons. The van der Waals surface area contributed by atoms with Crippen LogP contribution in [0.3, 0.4) is 0 Å². The fraction of sp³-hybridized carbons (Fsp3) is 0.435. The molecule has 1 saturated carbocycles. The van der Waals surface area contributed by atoms with Crippen LogP contribution in [0.1, 0.15) is 43.2 Å². The smallest absolute Gasteiger partial charge is 0.228 e. The van der Waals surface area contributed by atoms with Crippen LogP contribution in [-0.2, 0) is 26.2 Å². The van der Waals surface area contributed by atoms with E-state index in [1.54, 1.807) is 24.4 Å². The third-order valence-corrected chi connectivity index (χ3v) is 6.18. The molecule has 0 spiro atoms. The molecule has 1 aromatic heterocycles. The average molecular weight is 396 g/mol. The van der Waals surface area contributed by atoms with Crippen LogP contribution >= 0.6 is 0 Å². The first-order chi connectivity index (χ1) is 14.1. The molecule has 2 fully saturated rings. The van der Waals surface area contributed by atoms with E-state index in [2.05, 4.69) is 10.3 Å². The standard InChI is InChI=1S/C23H25FN2O3/c24-19-5-2-16(3-6-19)14-20(27)23(10-1-11-23)18-4-7-21(25-15-18)26-22(28)17-8-12-29-13-9-17/h2-7,15,17H,1,8-14H2,(H,25,26,28). The Hall–Kier alpha value is -2.60. The number of hydrogen-bond acceptors (Lipinski definition) is 4. The van der Waals surface area contributed by atoms with E-state index in [1.807, 2.05) is 6.07 Å². The Balaban J connectivity index is 1.44. The Morgan fingerprint density at radius 2 is 1.83 bits per heavy atom. The maximum absolute atomic E-state index is 13.1. The number of amides is 1. The molecule has 1 aliphatic heterocycles. The largest absolute Gasteiger partial charge is 0.381 e. The molecule has 1 aliphatic carbocycles. The second-order valence-electron chi connectivity index (χ2n) is 7.97. The first-order valence-corrected chi connectivity index (χ1v) is 10.2. The Morgan fingerprint density at radius 3 is 2.41 bits per heavy atom. The third kappa shape index (κ3) is 4.22. The average Bonchev–Trinajstić information content (AvgIpc) is 2.71. The van der Waals surface area contributed by atoms with E-state index in [-0.39, 0.29) is 29.8 Å². The minimum atomic E-state index is -0.523. The minimum absolute atomic E-state index is 0.0284. The Kier molecular flexibility index (Phi) is 5.72. The van der Waals surface area contributed by atoms with Gasteiger partial charge in [-0.05, 0) is 55.0 Å². The van der Waals surface area contributed by atoms with E-state index in [9.17, 15) is 14.0 Å². The summed E-state index contributed by atoms with van der Waals surface area (Å²) >= 11 is 0. The number of pyridine rings is 1. The zero-order valence-electron chi connectivity index (χ0n) is 16.3. The zero-order chi connectivity index (χ0) is 20.3. The van der Waals surface area contributed by atoms with E-state index in [0.29, 0.717) is 19.0 Å². The van der Waals surface area contributed by atoms with Crippen LogP contribution in [0, 0.1) is 11.7 Å². The quantitative estimate of drug-likeness (QED) is 0.806. The Bertz CT molecular complexity index is 870. The lowest BCUT2D eigenvalue weighted by molar-refractivity contribution is -0.127. The van der Waals surface area contributed by atoms with Crippen LogP contribution in [0.4, 0.5) is 10.2 Å². The molecule has 1 saturated heterocycles. The number of hydrogen-bond donors (Lipinski definition) is 1. The number of Topliss-reactive ketones (excluding diaryl/α,β-unsaturated/α-hetero) is 1. The van der Waals surface area contributed by atoms with Gasteiger partial charge in [-0.2, -0.15) is 0 Å². The number of anilines is 1. The number of nitrogens with zero attached hydrogens (tertiary/aromatic N) is 1. The molecule has 0 atom stereocenters. The molecule has 6 heteroatoms. The third-order valence-electron chi connectivity index (χ3n) is 6.18.